The first kappa shape index (κ1) is 22.6. The number of halogens is 2. The van der Waals surface area contributed by atoms with Gasteiger partial charge in [-0.1, -0.05) is 49.0 Å². The van der Waals surface area contributed by atoms with Crippen LogP contribution in [0, 0.1) is 11.3 Å². The molecule has 152 valence electrons. The highest BCUT2D eigenvalue weighted by molar-refractivity contribution is 6.36. The Labute approximate surface area is 180 Å². The van der Waals surface area contributed by atoms with Crippen LogP contribution < -0.4 is 14.8 Å². The number of benzene rings is 2. The van der Waals surface area contributed by atoms with E-state index in [9.17, 15) is 10.1 Å². The van der Waals surface area contributed by atoms with E-state index in [1.165, 1.54) is 12.1 Å². The SMILES string of the molecule is CCCCCOc1ccc(/C=C(\C#N)C(=O)Nc2cc(Cl)ccc2Cl)cc1OC. The summed E-state index contributed by atoms with van der Waals surface area (Å²) in [5.41, 5.74) is 0.880. The van der Waals surface area contributed by atoms with Crippen LogP contribution in [0.2, 0.25) is 10.0 Å². The molecular formula is C22H22Cl2N2O3. The average molecular weight is 433 g/mol. The van der Waals surface area contributed by atoms with Gasteiger partial charge in [-0.2, -0.15) is 5.26 Å². The van der Waals surface area contributed by atoms with E-state index < -0.39 is 5.91 Å². The number of rotatable bonds is 9. The maximum atomic E-state index is 12.5. The zero-order valence-corrected chi connectivity index (χ0v) is 17.8. The molecule has 0 bridgehead atoms. The smallest absolute Gasteiger partial charge is 0.266 e. The van der Waals surface area contributed by atoms with Crippen LogP contribution >= 0.6 is 23.2 Å². The Kier molecular flexibility index (Phi) is 8.85. The number of methoxy groups -OCH3 is 1. The molecule has 0 aliphatic rings. The van der Waals surface area contributed by atoms with Crippen molar-refractivity contribution in [3.8, 4) is 17.6 Å². The maximum absolute atomic E-state index is 12.5. The number of ether oxygens (including phenoxy) is 2. The van der Waals surface area contributed by atoms with Crippen molar-refractivity contribution in [1.82, 2.24) is 0 Å². The van der Waals surface area contributed by atoms with E-state index >= 15 is 0 Å². The lowest BCUT2D eigenvalue weighted by molar-refractivity contribution is -0.112. The van der Waals surface area contributed by atoms with E-state index in [1.807, 2.05) is 6.07 Å². The Morgan fingerprint density at radius 2 is 1.97 bits per heavy atom. The number of amides is 1. The molecule has 1 N–H and O–H groups in total. The van der Waals surface area contributed by atoms with Crippen molar-refractivity contribution in [1.29, 1.82) is 5.26 Å². The lowest BCUT2D eigenvalue weighted by atomic mass is 10.1. The molecule has 0 aliphatic carbocycles. The summed E-state index contributed by atoms with van der Waals surface area (Å²) in [6.45, 7) is 2.73. The van der Waals surface area contributed by atoms with Crippen molar-refractivity contribution in [2.45, 2.75) is 26.2 Å². The van der Waals surface area contributed by atoms with Crippen LogP contribution in [0.25, 0.3) is 6.08 Å². The molecule has 2 aromatic rings. The fourth-order valence-electron chi connectivity index (χ4n) is 2.53. The molecule has 0 atom stereocenters. The van der Waals surface area contributed by atoms with Gasteiger partial charge in [0.2, 0.25) is 0 Å². The molecule has 0 radical (unpaired) electrons. The molecule has 5 nitrogen and oxygen atoms in total. The van der Waals surface area contributed by atoms with Gasteiger partial charge in [0.15, 0.2) is 11.5 Å². The molecular weight excluding hydrogens is 411 g/mol. The summed E-state index contributed by atoms with van der Waals surface area (Å²) in [5, 5.41) is 12.8. The fraction of sp³-hybridized carbons (Fsp3) is 0.273. The molecule has 7 heteroatoms. The number of nitrogens with one attached hydrogen (secondary N) is 1. The summed E-state index contributed by atoms with van der Waals surface area (Å²) in [5.74, 6) is 0.566. The van der Waals surface area contributed by atoms with Gasteiger partial charge in [-0.05, 0) is 48.4 Å². The molecule has 0 saturated carbocycles. The second-order valence-corrected chi connectivity index (χ2v) is 7.06. The molecule has 2 rings (SSSR count). The Balaban J connectivity index is 2.18. The quantitative estimate of drug-likeness (QED) is 0.294. The third kappa shape index (κ3) is 6.70. The van der Waals surface area contributed by atoms with Crippen LogP contribution in [0.4, 0.5) is 5.69 Å². The van der Waals surface area contributed by atoms with Gasteiger partial charge in [0.05, 0.1) is 24.4 Å². The van der Waals surface area contributed by atoms with Gasteiger partial charge >= 0.3 is 0 Å². The first-order chi connectivity index (χ1) is 14.0. The fourth-order valence-corrected chi connectivity index (χ4v) is 2.86. The van der Waals surface area contributed by atoms with Crippen LogP contribution in [0.5, 0.6) is 11.5 Å². The first-order valence-corrected chi connectivity index (χ1v) is 9.93. The number of anilines is 1. The summed E-state index contributed by atoms with van der Waals surface area (Å²) in [6.07, 6.45) is 4.65. The van der Waals surface area contributed by atoms with E-state index in [0.29, 0.717) is 39.4 Å². The number of hydrogen-bond donors (Lipinski definition) is 1. The highest BCUT2D eigenvalue weighted by Gasteiger charge is 2.13. The highest BCUT2D eigenvalue weighted by Crippen LogP contribution is 2.30. The number of carbonyl (C=O) groups excluding carboxylic acids is 1. The second kappa shape index (κ2) is 11.4. The highest BCUT2D eigenvalue weighted by atomic mass is 35.5. The van der Waals surface area contributed by atoms with E-state index in [1.54, 1.807) is 37.4 Å². The van der Waals surface area contributed by atoms with Crippen LogP contribution in [0.3, 0.4) is 0 Å². The summed E-state index contributed by atoms with van der Waals surface area (Å²) in [7, 11) is 1.54. The topological polar surface area (TPSA) is 71.3 Å². The lowest BCUT2D eigenvalue weighted by Gasteiger charge is -2.11. The van der Waals surface area contributed by atoms with Crippen LogP contribution in [0.15, 0.2) is 42.0 Å². The van der Waals surface area contributed by atoms with Gasteiger partial charge in [0.1, 0.15) is 11.6 Å². The summed E-state index contributed by atoms with van der Waals surface area (Å²) in [6, 6.07) is 11.8. The van der Waals surface area contributed by atoms with Crippen LogP contribution in [0.1, 0.15) is 31.7 Å². The van der Waals surface area contributed by atoms with Gasteiger partial charge in [-0.15, -0.1) is 0 Å². The number of nitriles is 1. The van der Waals surface area contributed by atoms with Crippen molar-refractivity contribution >= 4 is 40.9 Å². The van der Waals surface area contributed by atoms with Crippen molar-refractivity contribution in [2.24, 2.45) is 0 Å². The van der Waals surface area contributed by atoms with Gasteiger partial charge in [-0.3, -0.25) is 4.79 Å². The Morgan fingerprint density at radius 3 is 2.66 bits per heavy atom. The predicted octanol–water partition coefficient (Wildman–Crippen LogP) is 6.12. The average Bonchev–Trinajstić information content (AvgIpc) is 2.72. The first-order valence-electron chi connectivity index (χ1n) is 9.17. The number of hydrogen-bond acceptors (Lipinski definition) is 4. The summed E-state index contributed by atoms with van der Waals surface area (Å²) < 4.78 is 11.1. The van der Waals surface area contributed by atoms with Crippen molar-refractivity contribution in [3.05, 3.63) is 57.6 Å². The largest absolute Gasteiger partial charge is 0.493 e. The minimum absolute atomic E-state index is 0.0836. The van der Waals surface area contributed by atoms with E-state index in [4.69, 9.17) is 32.7 Å². The molecule has 29 heavy (non-hydrogen) atoms. The van der Waals surface area contributed by atoms with Crippen molar-refractivity contribution < 1.29 is 14.3 Å². The Morgan fingerprint density at radius 1 is 1.17 bits per heavy atom. The van der Waals surface area contributed by atoms with Gasteiger partial charge in [0, 0.05) is 5.02 Å². The van der Waals surface area contributed by atoms with Crippen molar-refractivity contribution in [3.63, 3.8) is 0 Å². The lowest BCUT2D eigenvalue weighted by Crippen LogP contribution is -2.13. The third-order valence-corrected chi connectivity index (χ3v) is 4.61. The third-order valence-electron chi connectivity index (χ3n) is 4.05. The number of unbranched alkanes of at least 4 members (excludes halogenated alkanes) is 2. The molecule has 2 aromatic carbocycles. The van der Waals surface area contributed by atoms with Crippen LogP contribution in [-0.2, 0) is 4.79 Å². The molecule has 1 amide bonds. The number of carbonyl (C=O) groups is 1. The maximum Gasteiger partial charge on any atom is 0.266 e. The minimum atomic E-state index is -0.587. The Bertz CT molecular complexity index is 936. The molecule has 0 aliphatic heterocycles. The normalized spacial score (nSPS) is 10.9. The Hall–Kier alpha value is -2.68. The molecule has 0 heterocycles. The second-order valence-electron chi connectivity index (χ2n) is 6.21. The van der Waals surface area contributed by atoms with Gasteiger partial charge in [0.25, 0.3) is 5.91 Å². The zero-order chi connectivity index (χ0) is 21.2. The molecule has 0 fully saturated rings. The van der Waals surface area contributed by atoms with Gasteiger partial charge < -0.3 is 14.8 Å². The van der Waals surface area contributed by atoms with E-state index in [-0.39, 0.29) is 5.57 Å². The van der Waals surface area contributed by atoms with Crippen molar-refractivity contribution in [2.75, 3.05) is 19.0 Å². The number of nitrogens with zero attached hydrogens (tertiary/aromatic N) is 1. The molecule has 0 aromatic heterocycles. The zero-order valence-electron chi connectivity index (χ0n) is 16.3. The van der Waals surface area contributed by atoms with Gasteiger partial charge in [-0.25, -0.2) is 0 Å². The van der Waals surface area contributed by atoms with E-state index in [2.05, 4.69) is 12.2 Å². The van der Waals surface area contributed by atoms with Crippen LogP contribution in [-0.4, -0.2) is 19.6 Å². The molecule has 0 saturated heterocycles. The molecule has 0 unspecified atom stereocenters. The molecule has 0 spiro atoms. The summed E-state index contributed by atoms with van der Waals surface area (Å²) in [4.78, 5) is 12.5. The monoisotopic (exact) mass is 432 g/mol. The predicted molar refractivity (Wildman–Crippen MR) is 117 cm³/mol. The standard InChI is InChI=1S/C22H22Cl2N2O3/c1-3-4-5-10-29-20-9-6-15(12-21(20)28-2)11-16(14-25)22(27)26-19-13-17(23)7-8-18(19)24/h6-9,11-13H,3-5,10H2,1-2H3,(H,26,27)/b16-11+. The van der Waals surface area contributed by atoms with E-state index in [0.717, 1.165) is 19.3 Å². The summed E-state index contributed by atoms with van der Waals surface area (Å²) >= 11 is 12.0. The minimum Gasteiger partial charge on any atom is -0.493 e.